The van der Waals surface area contributed by atoms with Gasteiger partial charge in [-0.25, -0.2) is 0 Å². The zero-order valence-corrected chi connectivity index (χ0v) is 23.3. The van der Waals surface area contributed by atoms with E-state index in [1.54, 1.807) is 0 Å². The molecular weight excluding hydrogens is 476 g/mol. The minimum atomic E-state index is -0.549. The van der Waals surface area contributed by atoms with Crippen molar-refractivity contribution < 1.29 is 24.1 Å². The number of hydrogen-bond donors (Lipinski definition) is 1. The minimum absolute atomic E-state index is 0.200. The molecule has 2 fully saturated rings. The maximum absolute atomic E-state index is 9.86. The number of aliphatic hydroxyl groups is 1. The molecule has 2 saturated heterocycles. The molecule has 0 aliphatic carbocycles. The first-order valence-electron chi connectivity index (χ1n) is 14.6. The van der Waals surface area contributed by atoms with Gasteiger partial charge in [0.1, 0.15) is 11.5 Å². The van der Waals surface area contributed by atoms with Crippen molar-refractivity contribution in [3.8, 4) is 11.5 Å². The molecule has 208 valence electrons. The highest BCUT2D eigenvalue weighted by molar-refractivity contribution is 5.71. The normalized spacial score (nSPS) is 20.5. The van der Waals surface area contributed by atoms with Crippen LogP contribution in [0.2, 0.25) is 0 Å². The van der Waals surface area contributed by atoms with E-state index >= 15 is 0 Å². The Balaban J connectivity index is 1.37. The molecule has 4 rings (SSSR count). The van der Waals surface area contributed by atoms with Crippen LogP contribution in [0.1, 0.15) is 101 Å². The predicted octanol–water partition coefficient (Wildman–Crippen LogP) is 7.93. The Bertz CT molecular complexity index is 958. The van der Waals surface area contributed by atoms with Crippen molar-refractivity contribution >= 4 is 12.2 Å². The molecule has 38 heavy (non-hydrogen) atoms. The van der Waals surface area contributed by atoms with Crippen molar-refractivity contribution in [2.45, 2.75) is 109 Å². The molecule has 0 amide bonds. The van der Waals surface area contributed by atoms with E-state index in [2.05, 4.69) is 48.6 Å². The van der Waals surface area contributed by atoms with E-state index in [0.717, 1.165) is 88.1 Å². The lowest BCUT2D eigenvalue weighted by Crippen LogP contribution is -2.26. The van der Waals surface area contributed by atoms with Gasteiger partial charge < -0.3 is 24.1 Å². The second-order valence-electron chi connectivity index (χ2n) is 11.4. The van der Waals surface area contributed by atoms with Gasteiger partial charge in [0.25, 0.3) is 0 Å². The van der Waals surface area contributed by atoms with Crippen LogP contribution in [-0.2, 0) is 15.9 Å². The number of ether oxygens (including phenoxy) is 4. The highest BCUT2D eigenvalue weighted by Crippen LogP contribution is 2.29. The molecule has 2 aliphatic heterocycles. The number of benzene rings is 2. The van der Waals surface area contributed by atoms with Crippen LogP contribution in [0, 0.1) is 0 Å². The Morgan fingerprint density at radius 3 is 2.03 bits per heavy atom. The van der Waals surface area contributed by atoms with Crippen LogP contribution in [0.3, 0.4) is 0 Å². The van der Waals surface area contributed by atoms with Gasteiger partial charge in [0.15, 0.2) is 12.6 Å². The summed E-state index contributed by atoms with van der Waals surface area (Å²) in [5.74, 6) is 1.53. The van der Waals surface area contributed by atoms with Gasteiger partial charge in [-0.1, -0.05) is 55.7 Å². The smallest absolute Gasteiger partial charge is 0.199 e. The quantitative estimate of drug-likeness (QED) is 0.214. The third kappa shape index (κ3) is 10.4. The number of hydrogen-bond acceptors (Lipinski definition) is 5. The van der Waals surface area contributed by atoms with Crippen molar-refractivity contribution in [1.29, 1.82) is 0 Å². The number of unbranched alkanes of at least 4 members (excludes halogenated alkanes) is 3. The third-order valence-electron chi connectivity index (χ3n) is 7.14. The van der Waals surface area contributed by atoms with Crippen molar-refractivity contribution in [3.63, 3.8) is 0 Å². The van der Waals surface area contributed by atoms with Crippen LogP contribution < -0.4 is 9.47 Å². The molecule has 0 spiro atoms. The van der Waals surface area contributed by atoms with E-state index in [0.29, 0.717) is 0 Å². The maximum atomic E-state index is 9.86. The summed E-state index contributed by atoms with van der Waals surface area (Å²) in [4.78, 5) is 0. The summed E-state index contributed by atoms with van der Waals surface area (Å²) in [7, 11) is 0. The van der Waals surface area contributed by atoms with E-state index < -0.39 is 5.60 Å². The number of aryl methyl sites for hydroxylation is 1. The van der Waals surface area contributed by atoms with Gasteiger partial charge in [-0.3, -0.25) is 0 Å². The Labute approximate surface area is 229 Å². The second-order valence-corrected chi connectivity index (χ2v) is 11.4. The molecule has 5 heteroatoms. The number of rotatable bonds is 13. The average Bonchev–Trinajstić information content (AvgIpc) is 2.90. The largest absolute Gasteiger partial charge is 0.465 e. The fourth-order valence-electron chi connectivity index (χ4n) is 5.02. The fourth-order valence-corrected chi connectivity index (χ4v) is 5.02. The third-order valence-corrected chi connectivity index (χ3v) is 7.14. The molecule has 0 bridgehead atoms. The molecule has 2 unspecified atom stereocenters. The lowest BCUT2D eigenvalue weighted by atomic mass is 9.99. The van der Waals surface area contributed by atoms with Crippen LogP contribution in [-0.4, -0.2) is 36.5 Å². The highest BCUT2D eigenvalue weighted by Gasteiger charge is 2.18. The van der Waals surface area contributed by atoms with Gasteiger partial charge in [-0.05, 0) is 87.6 Å². The standard InChI is InChI=1S/C33H46O5/c1-33(2,34)19-8-4-3-5-12-26-13-11-14-27(22-26)17-18-28-23-29(37-31-15-6-9-20-35-31)25-30(24-28)38-32-16-7-10-21-36-32/h11,13-14,17-18,22-25,31-32,34H,3-10,12,15-16,19-21H2,1-2H3. The lowest BCUT2D eigenvalue weighted by molar-refractivity contribution is -0.109. The van der Waals surface area contributed by atoms with Gasteiger partial charge in [-0.15, -0.1) is 0 Å². The molecule has 2 heterocycles. The van der Waals surface area contributed by atoms with Crippen LogP contribution >= 0.6 is 0 Å². The molecule has 0 saturated carbocycles. The summed E-state index contributed by atoms with van der Waals surface area (Å²) in [6, 6.07) is 14.8. The summed E-state index contributed by atoms with van der Waals surface area (Å²) < 4.78 is 24.0. The molecule has 0 radical (unpaired) electrons. The molecule has 2 atom stereocenters. The first kappa shape index (κ1) is 28.7. The van der Waals surface area contributed by atoms with Crippen molar-refractivity contribution in [1.82, 2.24) is 0 Å². The molecule has 5 nitrogen and oxygen atoms in total. The topological polar surface area (TPSA) is 57.2 Å². The molecule has 2 aromatic rings. The van der Waals surface area contributed by atoms with Crippen molar-refractivity contribution in [2.75, 3.05) is 13.2 Å². The Kier molecular flexibility index (Phi) is 11.1. The van der Waals surface area contributed by atoms with Crippen LogP contribution in [0.5, 0.6) is 11.5 Å². The molecule has 2 aromatic carbocycles. The Morgan fingerprint density at radius 1 is 0.789 bits per heavy atom. The maximum Gasteiger partial charge on any atom is 0.199 e. The predicted molar refractivity (Wildman–Crippen MR) is 153 cm³/mol. The summed E-state index contributed by atoms with van der Waals surface area (Å²) in [6.07, 6.45) is 16.7. The van der Waals surface area contributed by atoms with Gasteiger partial charge in [0.2, 0.25) is 0 Å². The summed E-state index contributed by atoms with van der Waals surface area (Å²) >= 11 is 0. The van der Waals surface area contributed by atoms with Gasteiger partial charge >= 0.3 is 0 Å². The highest BCUT2D eigenvalue weighted by atomic mass is 16.7. The van der Waals surface area contributed by atoms with E-state index in [9.17, 15) is 5.11 Å². The lowest BCUT2D eigenvalue weighted by Gasteiger charge is -2.25. The zero-order valence-electron chi connectivity index (χ0n) is 23.3. The summed E-state index contributed by atoms with van der Waals surface area (Å²) in [6.45, 7) is 5.28. The molecular formula is C33H46O5. The zero-order chi connectivity index (χ0) is 26.6. The van der Waals surface area contributed by atoms with Gasteiger partial charge in [0, 0.05) is 18.9 Å². The van der Waals surface area contributed by atoms with Crippen LogP contribution in [0.25, 0.3) is 12.2 Å². The molecule has 0 aromatic heterocycles. The fraction of sp³-hybridized carbons (Fsp3) is 0.576. The van der Waals surface area contributed by atoms with Crippen molar-refractivity contribution in [3.05, 3.63) is 59.2 Å². The van der Waals surface area contributed by atoms with Gasteiger partial charge in [-0.2, -0.15) is 0 Å². The van der Waals surface area contributed by atoms with E-state index in [1.165, 1.54) is 30.4 Å². The first-order valence-corrected chi connectivity index (χ1v) is 14.6. The van der Waals surface area contributed by atoms with Gasteiger partial charge in [0.05, 0.1) is 18.8 Å². The summed E-state index contributed by atoms with van der Waals surface area (Å²) in [5.41, 5.74) is 3.03. The molecule has 1 N–H and O–H groups in total. The first-order chi connectivity index (χ1) is 18.4. The summed E-state index contributed by atoms with van der Waals surface area (Å²) in [5, 5.41) is 9.86. The van der Waals surface area contributed by atoms with Crippen LogP contribution in [0.4, 0.5) is 0 Å². The SMILES string of the molecule is CC(C)(O)CCCCCCc1cccc(C=Cc2cc(OC3CCCCO3)cc(OC3CCCCO3)c2)c1. The van der Waals surface area contributed by atoms with Crippen LogP contribution in [0.15, 0.2) is 42.5 Å². The van der Waals surface area contributed by atoms with E-state index in [-0.39, 0.29) is 12.6 Å². The van der Waals surface area contributed by atoms with Crippen molar-refractivity contribution in [2.24, 2.45) is 0 Å². The molecule has 2 aliphatic rings. The Hall–Kier alpha value is -2.34. The minimum Gasteiger partial charge on any atom is -0.465 e. The second kappa shape index (κ2) is 14.7. The van der Waals surface area contributed by atoms with E-state index in [1.807, 2.05) is 19.9 Å². The average molecular weight is 523 g/mol. The Morgan fingerprint density at radius 2 is 1.42 bits per heavy atom. The monoisotopic (exact) mass is 522 g/mol. The van der Waals surface area contributed by atoms with E-state index in [4.69, 9.17) is 18.9 Å².